The summed E-state index contributed by atoms with van der Waals surface area (Å²) >= 11 is 3.42. The molecule has 0 aliphatic rings. The van der Waals surface area contributed by atoms with Gasteiger partial charge in [-0.2, -0.15) is 5.10 Å². The lowest BCUT2D eigenvalue weighted by atomic mass is 10.1. The van der Waals surface area contributed by atoms with Crippen molar-refractivity contribution < 1.29 is 4.79 Å². The first-order valence-electron chi connectivity index (χ1n) is 5.42. The van der Waals surface area contributed by atoms with Crippen molar-refractivity contribution in [1.29, 1.82) is 0 Å². The van der Waals surface area contributed by atoms with E-state index in [4.69, 9.17) is 0 Å². The van der Waals surface area contributed by atoms with Crippen molar-refractivity contribution in [1.82, 2.24) is 9.78 Å². The molecule has 0 spiro atoms. The van der Waals surface area contributed by atoms with Crippen molar-refractivity contribution in [3.05, 3.63) is 40.5 Å². The summed E-state index contributed by atoms with van der Waals surface area (Å²) in [5.74, 6) is 0. The third-order valence-electron chi connectivity index (χ3n) is 2.51. The van der Waals surface area contributed by atoms with E-state index in [9.17, 15) is 4.79 Å². The Kier molecular flexibility index (Phi) is 3.43. The van der Waals surface area contributed by atoms with Crippen LogP contribution < -0.4 is 0 Å². The molecule has 0 unspecified atom stereocenters. The maximum Gasteiger partial charge on any atom is 0.153 e. The molecule has 2 aromatic rings. The van der Waals surface area contributed by atoms with Gasteiger partial charge in [-0.3, -0.25) is 9.48 Å². The van der Waals surface area contributed by atoms with Gasteiger partial charge in [0.25, 0.3) is 0 Å². The summed E-state index contributed by atoms with van der Waals surface area (Å²) in [5, 5.41) is 4.46. The van der Waals surface area contributed by atoms with Crippen LogP contribution >= 0.6 is 15.9 Å². The molecule has 0 aliphatic carbocycles. The molecule has 0 radical (unpaired) electrons. The Bertz CT molecular complexity index is 546. The molecule has 2 rings (SSSR count). The average Bonchev–Trinajstić information content (AvgIpc) is 2.73. The number of benzene rings is 1. The first kappa shape index (κ1) is 12.0. The molecular weight excluding hydrogens is 280 g/mol. The van der Waals surface area contributed by atoms with E-state index < -0.39 is 0 Å². The number of aldehydes is 1. The predicted molar refractivity (Wildman–Crippen MR) is 71.1 cm³/mol. The van der Waals surface area contributed by atoms with Crippen LogP contribution in [0.1, 0.15) is 30.2 Å². The highest BCUT2D eigenvalue weighted by atomic mass is 79.9. The second kappa shape index (κ2) is 4.84. The summed E-state index contributed by atoms with van der Waals surface area (Å²) in [7, 11) is 0. The molecule has 0 saturated carbocycles. The van der Waals surface area contributed by atoms with E-state index in [1.807, 2.05) is 38.1 Å². The molecule has 0 aliphatic heterocycles. The second-order valence-electron chi connectivity index (χ2n) is 4.14. The fourth-order valence-corrected chi connectivity index (χ4v) is 2.02. The van der Waals surface area contributed by atoms with Crippen LogP contribution in [0.15, 0.2) is 34.9 Å². The summed E-state index contributed by atoms with van der Waals surface area (Å²) in [6.07, 6.45) is 2.63. The summed E-state index contributed by atoms with van der Waals surface area (Å²) in [6.45, 7) is 4.07. The number of hydrogen-bond donors (Lipinski definition) is 0. The summed E-state index contributed by atoms with van der Waals surface area (Å²) < 4.78 is 2.78. The van der Waals surface area contributed by atoms with E-state index in [0.29, 0.717) is 5.56 Å². The number of carbonyl (C=O) groups excluding carboxylic acids is 1. The maximum atomic E-state index is 11.1. The van der Waals surface area contributed by atoms with Crippen LogP contribution in [-0.2, 0) is 0 Å². The van der Waals surface area contributed by atoms with Gasteiger partial charge in [-0.15, -0.1) is 0 Å². The minimum atomic E-state index is 0.245. The summed E-state index contributed by atoms with van der Waals surface area (Å²) in [6, 6.07) is 8.03. The van der Waals surface area contributed by atoms with Gasteiger partial charge >= 0.3 is 0 Å². The topological polar surface area (TPSA) is 34.9 Å². The molecule has 3 nitrogen and oxygen atoms in total. The van der Waals surface area contributed by atoms with Crippen molar-refractivity contribution in [3.63, 3.8) is 0 Å². The van der Waals surface area contributed by atoms with Crippen molar-refractivity contribution in [2.75, 3.05) is 0 Å². The molecule has 0 saturated heterocycles. The molecule has 1 aromatic heterocycles. The summed E-state index contributed by atoms with van der Waals surface area (Å²) in [4.78, 5) is 11.1. The van der Waals surface area contributed by atoms with Crippen LogP contribution in [-0.4, -0.2) is 16.1 Å². The lowest BCUT2D eigenvalue weighted by Gasteiger charge is -2.03. The van der Waals surface area contributed by atoms with Gasteiger partial charge in [-0.05, 0) is 26.0 Å². The molecule has 0 atom stereocenters. The second-order valence-corrected chi connectivity index (χ2v) is 5.05. The minimum absolute atomic E-state index is 0.245. The largest absolute Gasteiger partial charge is 0.298 e. The Morgan fingerprint density at radius 3 is 2.76 bits per heavy atom. The van der Waals surface area contributed by atoms with Gasteiger partial charge in [0.2, 0.25) is 0 Å². The molecule has 0 N–H and O–H groups in total. The zero-order valence-electron chi connectivity index (χ0n) is 9.72. The van der Waals surface area contributed by atoms with E-state index >= 15 is 0 Å². The lowest BCUT2D eigenvalue weighted by Crippen LogP contribution is -2.00. The molecule has 88 valence electrons. The van der Waals surface area contributed by atoms with Gasteiger partial charge < -0.3 is 0 Å². The Morgan fingerprint density at radius 1 is 1.41 bits per heavy atom. The van der Waals surface area contributed by atoms with Gasteiger partial charge in [0.15, 0.2) is 6.29 Å². The Balaban J connectivity index is 2.54. The van der Waals surface area contributed by atoms with Gasteiger partial charge in [-0.1, -0.05) is 28.1 Å². The zero-order valence-corrected chi connectivity index (χ0v) is 11.3. The number of hydrogen-bond acceptors (Lipinski definition) is 2. The quantitative estimate of drug-likeness (QED) is 0.809. The molecule has 1 aromatic carbocycles. The average molecular weight is 293 g/mol. The third-order valence-corrected chi connectivity index (χ3v) is 3.01. The number of carbonyl (C=O) groups is 1. The van der Waals surface area contributed by atoms with Gasteiger partial charge in [-0.25, -0.2) is 0 Å². The highest BCUT2D eigenvalue weighted by molar-refractivity contribution is 9.10. The Morgan fingerprint density at radius 2 is 2.18 bits per heavy atom. The SMILES string of the molecule is CC(C)n1cc(C=O)c(-c2cccc(Br)c2)n1. The number of nitrogens with zero attached hydrogens (tertiary/aromatic N) is 2. The normalized spacial score (nSPS) is 10.8. The Labute approximate surface area is 109 Å². The van der Waals surface area contributed by atoms with E-state index in [-0.39, 0.29) is 6.04 Å². The zero-order chi connectivity index (χ0) is 12.4. The molecule has 0 amide bonds. The molecule has 1 heterocycles. The van der Waals surface area contributed by atoms with E-state index in [1.165, 1.54) is 0 Å². The van der Waals surface area contributed by atoms with E-state index in [0.717, 1.165) is 22.0 Å². The lowest BCUT2D eigenvalue weighted by molar-refractivity contribution is 0.112. The van der Waals surface area contributed by atoms with Crippen LogP contribution in [0.5, 0.6) is 0 Å². The third kappa shape index (κ3) is 2.47. The molecule has 17 heavy (non-hydrogen) atoms. The van der Waals surface area contributed by atoms with Gasteiger partial charge in [0, 0.05) is 22.3 Å². The number of halogens is 1. The smallest absolute Gasteiger partial charge is 0.153 e. The predicted octanol–water partition coefficient (Wildman–Crippen LogP) is 3.71. The van der Waals surface area contributed by atoms with Crippen LogP contribution in [0, 0.1) is 0 Å². The highest BCUT2D eigenvalue weighted by Crippen LogP contribution is 2.25. The van der Waals surface area contributed by atoms with Crippen LogP contribution in [0.2, 0.25) is 0 Å². The number of rotatable bonds is 3. The first-order chi connectivity index (χ1) is 8.11. The first-order valence-corrected chi connectivity index (χ1v) is 6.21. The molecular formula is C13H13BrN2O. The fourth-order valence-electron chi connectivity index (χ4n) is 1.62. The van der Waals surface area contributed by atoms with Crippen molar-refractivity contribution in [2.24, 2.45) is 0 Å². The van der Waals surface area contributed by atoms with Crippen LogP contribution in [0.4, 0.5) is 0 Å². The highest BCUT2D eigenvalue weighted by Gasteiger charge is 2.12. The molecule has 0 fully saturated rings. The minimum Gasteiger partial charge on any atom is -0.298 e. The van der Waals surface area contributed by atoms with Crippen molar-refractivity contribution >= 4 is 22.2 Å². The van der Waals surface area contributed by atoms with Crippen LogP contribution in [0.3, 0.4) is 0 Å². The van der Waals surface area contributed by atoms with Gasteiger partial charge in [0.1, 0.15) is 5.69 Å². The van der Waals surface area contributed by atoms with Crippen molar-refractivity contribution in [2.45, 2.75) is 19.9 Å². The van der Waals surface area contributed by atoms with Crippen LogP contribution in [0.25, 0.3) is 11.3 Å². The standard InChI is InChI=1S/C13H13BrN2O/c1-9(2)16-7-11(8-17)13(15-16)10-4-3-5-12(14)6-10/h3-9H,1-2H3. The molecule has 4 heteroatoms. The van der Waals surface area contributed by atoms with E-state index in [2.05, 4.69) is 21.0 Å². The number of aromatic nitrogens is 2. The fraction of sp³-hybridized carbons (Fsp3) is 0.231. The molecule has 0 bridgehead atoms. The Hall–Kier alpha value is -1.42. The summed E-state index contributed by atoms with van der Waals surface area (Å²) in [5.41, 5.74) is 2.30. The van der Waals surface area contributed by atoms with Crippen molar-refractivity contribution in [3.8, 4) is 11.3 Å². The monoisotopic (exact) mass is 292 g/mol. The van der Waals surface area contributed by atoms with E-state index in [1.54, 1.807) is 10.9 Å². The maximum absolute atomic E-state index is 11.1. The van der Waals surface area contributed by atoms with Gasteiger partial charge in [0.05, 0.1) is 5.56 Å².